The number of hydrogen-bond acceptors (Lipinski definition) is 2. The molecule has 0 aromatic heterocycles. The average molecular weight is 277 g/mol. The van der Waals surface area contributed by atoms with Crippen molar-refractivity contribution in [3.05, 3.63) is 60.2 Å². The molecule has 0 spiro atoms. The minimum Gasteiger partial charge on any atom is -0.490 e. The zero-order chi connectivity index (χ0) is 14.4. The zero-order valence-electron chi connectivity index (χ0n) is 10.6. The number of para-hydroxylation sites is 1. The Hall–Kier alpha value is -2.43. The molecule has 0 heterocycles. The van der Waals surface area contributed by atoms with Gasteiger partial charge in [0.05, 0.1) is 13.0 Å². The number of carbonyl (C=O) groups is 1. The van der Waals surface area contributed by atoms with Gasteiger partial charge in [0, 0.05) is 5.69 Å². The highest BCUT2D eigenvalue weighted by molar-refractivity contribution is 5.90. The predicted octanol–water partition coefficient (Wildman–Crippen LogP) is 3.37. The summed E-state index contributed by atoms with van der Waals surface area (Å²) in [5.74, 6) is -1.12. The molecule has 2 aromatic carbocycles. The molecule has 0 unspecified atom stereocenters. The predicted molar refractivity (Wildman–Crippen MR) is 71.5 cm³/mol. The Labute approximate surface area is 115 Å². The summed E-state index contributed by atoms with van der Waals surface area (Å²) in [6.45, 7) is 0.0437. The van der Waals surface area contributed by atoms with Crippen molar-refractivity contribution in [1.82, 2.24) is 0 Å². The van der Waals surface area contributed by atoms with Crippen LogP contribution in [0.1, 0.15) is 6.42 Å². The van der Waals surface area contributed by atoms with Crippen molar-refractivity contribution in [2.45, 2.75) is 6.42 Å². The second kappa shape index (κ2) is 6.65. The van der Waals surface area contributed by atoms with Crippen LogP contribution in [0.2, 0.25) is 0 Å². The normalized spacial score (nSPS) is 10.1. The molecule has 0 aliphatic carbocycles. The lowest BCUT2D eigenvalue weighted by Gasteiger charge is -2.08. The van der Waals surface area contributed by atoms with Gasteiger partial charge < -0.3 is 10.1 Å². The fourth-order valence-electron chi connectivity index (χ4n) is 1.61. The van der Waals surface area contributed by atoms with Crippen LogP contribution in [0, 0.1) is 11.6 Å². The summed E-state index contributed by atoms with van der Waals surface area (Å²) in [5.41, 5.74) is 0.376. The molecule has 0 saturated carbocycles. The summed E-state index contributed by atoms with van der Waals surface area (Å²) in [5, 5.41) is 2.53. The molecule has 2 rings (SSSR count). The summed E-state index contributed by atoms with van der Waals surface area (Å²) in [6, 6.07) is 11.6. The van der Waals surface area contributed by atoms with Crippen LogP contribution in [0.25, 0.3) is 0 Å². The first-order valence-corrected chi connectivity index (χ1v) is 6.08. The zero-order valence-corrected chi connectivity index (χ0v) is 10.6. The van der Waals surface area contributed by atoms with Crippen LogP contribution in [0.4, 0.5) is 14.5 Å². The van der Waals surface area contributed by atoms with Gasteiger partial charge in [0.1, 0.15) is 5.82 Å². The van der Waals surface area contributed by atoms with Gasteiger partial charge in [-0.25, -0.2) is 8.78 Å². The third kappa shape index (κ3) is 4.05. The minimum absolute atomic E-state index is 0.0437. The quantitative estimate of drug-likeness (QED) is 0.910. The standard InChI is InChI=1S/C15H13F2NO2/c16-11-4-3-5-12(10-11)18-15(19)8-9-20-14-7-2-1-6-13(14)17/h1-7,10H,8-9H2,(H,18,19). The highest BCUT2D eigenvalue weighted by Crippen LogP contribution is 2.15. The van der Waals surface area contributed by atoms with Crippen LogP contribution in [-0.4, -0.2) is 12.5 Å². The van der Waals surface area contributed by atoms with Crippen molar-refractivity contribution in [2.75, 3.05) is 11.9 Å². The van der Waals surface area contributed by atoms with Gasteiger partial charge in [-0.1, -0.05) is 18.2 Å². The van der Waals surface area contributed by atoms with Gasteiger partial charge in [-0.2, -0.15) is 0 Å². The molecule has 1 N–H and O–H groups in total. The first kappa shape index (κ1) is 14.0. The van der Waals surface area contributed by atoms with Crippen molar-refractivity contribution >= 4 is 11.6 Å². The molecule has 5 heteroatoms. The van der Waals surface area contributed by atoms with Crippen LogP contribution in [-0.2, 0) is 4.79 Å². The summed E-state index contributed by atoms with van der Waals surface area (Å²) in [7, 11) is 0. The van der Waals surface area contributed by atoms with Crippen LogP contribution in [0.15, 0.2) is 48.5 Å². The molecule has 0 saturated heterocycles. The van der Waals surface area contributed by atoms with Gasteiger partial charge in [-0.05, 0) is 30.3 Å². The third-order valence-electron chi connectivity index (χ3n) is 2.53. The van der Waals surface area contributed by atoms with E-state index in [1.54, 1.807) is 18.2 Å². The number of rotatable bonds is 5. The number of benzene rings is 2. The molecule has 20 heavy (non-hydrogen) atoms. The third-order valence-corrected chi connectivity index (χ3v) is 2.53. The van der Waals surface area contributed by atoms with Gasteiger partial charge in [-0.3, -0.25) is 4.79 Å². The largest absolute Gasteiger partial charge is 0.490 e. The second-order valence-electron chi connectivity index (χ2n) is 4.09. The molecule has 104 valence electrons. The van der Waals surface area contributed by atoms with E-state index in [0.29, 0.717) is 5.69 Å². The summed E-state index contributed by atoms with van der Waals surface area (Å²) < 4.78 is 31.3. The van der Waals surface area contributed by atoms with Crippen molar-refractivity contribution in [1.29, 1.82) is 0 Å². The average Bonchev–Trinajstić information content (AvgIpc) is 2.41. The molecule has 1 amide bonds. The number of anilines is 1. The van der Waals surface area contributed by atoms with E-state index in [9.17, 15) is 13.6 Å². The van der Waals surface area contributed by atoms with Gasteiger partial charge >= 0.3 is 0 Å². The lowest BCUT2D eigenvalue weighted by Crippen LogP contribution is -2.15. The summed E-state index contributed by atoms with van der Waals surface area (Å²) >= 11 is 0. The Morgan fingerprint density at radius 1 is 1.10 bits per heavy atom. The number of nitrogens with one attached hydrogen (secondary N) is 1. The molecular formula is C15H13F2NO2. The molecule has 0 radical (unpaired) electrons. The fraction of sp³-hybridized carbons (Fsp3) is 0.133. The maximum atomic E-state index is 13.2. The Morgan fingerprint density at radius 3 is 2.65 bits per heavy atom. The number of amides is 1. The van der Waals surface area contributed by atoms with Crippen LogP contribution < -0.4 is 10.1 Å². The smallest absolute Gasteiger partial charge is 0.227 e. The van der Waals surface area contributed by atoms with Crippen LogP contribution in [0.5, 0.6) is 5.75 Å². The molecule has 0 aliphatic rings. The first-order chi connectivity index (χ1) is 9.65. The maximum absolute atomic E-state index is 13.2. The van der Waals surface area contributed by atoms with E-state index in [2.05, 4.69) is 5.32 Å². The van der Waals surface area contributed by atoms with E-state index in [0.717, 1.165) is 0 Å². The van der Waals surface area contributed by atoms with Gasteiger partial charge in [0.25, 0.3) is 0 Å². The molecular weight excluding hydrogens is 264 g/mol. The lowest BCUT2D eigenvalue weighted by molar-refractivity contribution is -0.116. The van der Waals surface area contributed by atoms with Crippen LogP contribution in [0.3, 0.4) is 0 Å². The van der Waals surface area contributed by atoms with E-state index in [1.807, 2.05) is 0 Å². The van der Waals surface area contributed by atoms with Crippen molar-refractivity contribution in [3.63, 3.8) is 0 Å². The van der Waals surface area contributed by atoms with E-state index in [-0.39, 0.29) is 24.7 Å². The van der Waals surface area contributed by atoms with Gasteiger partial charge in [0.2, 0.25) is 5.91 Å². The number of hydrogen-bond donors (Lipinski definition) is 1. The Morgan fingerprint density at radius 2 is 1.90 bits per heavy atom. The number of ether oxygens (including phenoxy) is 1. The number of carbonyl (C=O) groups excluding carboxylic acids is 1. The van der Waals surface area contributed by atoms with Gasteiger partial charge in [0.15, 0.2) is 11.6 Å². The molecule has 3 nitrogen and oxygen atoms in total. The monoisotopic (exact) mass is 277 g/mol. The Balaban J connectivity index is 1.80. The van der Waals surface area contributed by atoms with Crippen LogP contribution >= 0.6 is 0 Å². The number of halogens is 2. The van der Waals surface area contributed by atoms with Crippen molar-refractivity contribution < 1.29 is 18.3 Å². The Bertz CT molecular complexity index is 602. The van der Waals surface area contributed by atoms with E-state index in [1.165, 1.54) is 30.3 Å². The summed E-state index contributed by atoms with van der Waals surface area (Å²) in [6.07, 6.45) is 0.0465. The highest BCUT2D eigenvalue weighted by atomic mass is 19.1. The van der Waals surface area contributed by atoms with E-state index < -0.39 is 11.6 Å². The molecule has 0 fully saturated rings. The molecule has 2 aromatic rings. The van der Waals surface area contributed by atoms with Crippen molar-refractivity contribution in [3.8, 4) is 5.75 Å². The highest BCUT2D eigenvalue weighted by Gasteiger charge is 2.05. The van der Waals surface area contributed by atoms with E-state index >= 15 is 0 Å². The first-order valence-electron chi connectivity index (χ1n) is 6.08. The maximum Gasteiger partial charge on any atom is 0.227 e. The van der Waals surface area contributed by atoms with Gasteiger partial charge in [-0.15, -0.1) is 0 Å². The molecule has 0 bridgehead atoms. The summed E-state index contributed by atoms with van der Waals surface area (Å²) in [4.78, 5) is 11.6. The van der Waals surface area contributed by atoms with E-state index in [4.69, 9.17) is 4.74 Å². The topological polar surface area (TPSA) is 38.3 Å². The Kier molecular flexibility index (Phi) is 4.65. The molecule has 0 atom stereocenters. The van der Waals surface area contributed by atoms with Crippen molar-refractivity contribution in [2.24, 2.45) is 0 Å². The lowest BCUT2D eigenvalue weighted by atomic mass is 10.3. The second-order valence-corrected chi connectivity index (χ2v) is 4.09. The fourth-order valence-corrected chi connectivity index (χ4v) is 1.61. The SMILES string of the molecule is O=C(CCOc1ccccc1F)Nc1cccc(F)c1. The minimum atomic E-state index is -0.474. The molecule has 0 aliphatic heterocycles.